The van der Waals surface area contributed by atoms with Gasteiger partial charge in [0, 0.05) is 51.9 Å². The van der Waals surface area contributed by atoms with Crippen molar-refractivity contribution in [1.29, 1.82) is 0 Å². The Balaban J connectivity index is 1.84. The molecule has 0 atom stereocenters. The number of nitrogens with zero attached hydrogens (tertiary/aromatic N) is 5. The van der Waals surface area contributed by atoms with Crippen LogP contribution in [0.3, 0.4) is 0 Å². The molecule has 26 heavy (non-hydrogen) atoms. The van der Waals surface area contributed by atoms with Gasteiger partial charge in [-0.25, -0.2) is 0 Å². The van der Waals surface area contributed by atoms with E-state index in [1.54, 1.807) is 22.8 Å². The summed E-state index contributed by atoms with van der Waals surface area (Å²) < 4.78 is 1.68. The molecule has 1 aliphatic heterocycles. The zero-order valence-electron chi connectivity index (χ0n) is 16.2. The molecule has 1 saturated heterocycles. The highest BCUT2D eigenvalue weighted by Crippen LogP contribution is 2.16. The van der Waals surface area contributed by atoms with Crippen molar-refractivity contribution in [3.63, 3.8) is 0 Å². The van der Waals surface area contributed by atoms with E-state index in [2.05, 4.69) is 20.7 Å². The van der Waals surface area contributed by atoms with Crippen molar-refractivity contribution in [2.75, 3.05) is 38.1 Å². The van der Waals surface area contributed by atoms with E-state index in [9.17, 15) is 9.59 Å². The van der Waals surface area contributed by atoms with Crippen molar-refractivity contribution in [3.05, 3.63) is 12.4 Å². The fourth-order valence-electron chi connectivity index (χ4n) is 2.78. The van der Waals surface area contributed by atoms with Gasteiger partial charge in [-0.2, -0.15) is 5.10 Å². The maximum Gasteiger partial charge on any atom is 0.246 e. The summed E-state index contributed by atoms with van der Waals surface area (Å²) in [6.45, 7) is 7.78. The third-order valence-electron chi connectivity index (χ3n) is 3.88. The molecular formula is C17H29N7O2. The van der Waals surface area contributed by atoms with Crippen LogP contribution in [0, 0.1) is 0 Å². The van der Waals surface area contributed by atoms with Crippen LogP contribution < -0.4 is 15.5 Å². The quantitative estimate of drug-likeness (QED) is 0.578. The van der Waals surface area contributed by atoms with Gasteiger partial charge in [-0.05, 0) is 20.8 Å². The Morgan fingerprint density at radius 2 is 2.08 bits per heavy atom. The summed E-state index contributed by atoms with van der Waals surface area (Å²) in [5.41, 5.74) is 0.562. The Kier molecular flexibility index (Phi) is 6.23. The van der Waals surface area contributed by atoms with E-state index >= 15 is 0 Å². The summed E-state index contributed by atoms with van der Waals surface area (Å²) in [6.07, 6.45) is 3.86. The second-order valence-corrected chi connectivity index (χ2v) is 7.36. The summed E-state index contributed by atoms with van der Waals surface area (Å²) in [5.74, 6) is 0.614. The Bertz CT molecular complexity index is 675. The molecule has 1 aromatic rings. The Morgan fingerprint density at radius 3 is 2.62 bits per heavy atom. The first-order valence-electron chi connectivity index (χ1n) is 8.75. The van der Waals surface area contributed by atoms with Crippen molar-refractivity contribution in [1.82, 2.24) is 25.3 Å². The van der Waals surface area contributed by atoms with Crippen LogP contribution in [0.15, 0.2) is 17.4 Å². The zero-order valence-corrected chi connectivity index (χ0v) is 16.2. The number of aryl methyl sites for hydroxylation is 1. The van der Waals surface area contributed by atoms with E-state index in [0.29, 0.717) is 32.0 Å². The number of rotatable bonds is 4. The van der Waals surface area contributed by atoms with Gasteiger partial charge in [-0.15, -0.1) is 0 Å². The highest BCUT2D eigenvalue weighted by molar-refractivity contribution is 5.98. The zero-order chi connectivity index (χ0) is 19.3. The molecule has 2 heterocycles. The third-order valence-corrected chi connectivity index (χ3v) is 3.88. The highest BCUT2D eigenvalue weighted by Gasteiger charge is 2.27. The molecule has 2 amide bonds. The average molecular weight is 363 g/mol. The Morgan fingerprint density at radius 1 is 1.35 bits per heavy atom. The maximum absolute atomic E-state index is 12.5. The molecule has 0 aliphatic carbocycles. The number of hydrogen-bond acceptors (Lipinski definition) is 4. The number of guanidine groups is 1. The van der Waals surface area contributed by atoms with Crippen LogP contribution in [-0.4, -0.2) is 71.2 Å². The maximum atomic E-state index is 12.5. The number of hydrogen-bond donors (Lipinski definition) is 2. The number of amides is 2. The Labute approximate surface area is 154 Å². The topological polar surface area (TPSA) is 94.9 Å². The van der Waals surface area contributed by atoms with Crippen molar-refractivity contribution >= 4 is 23.5 Å². The van der Waals surface area contributed by atoms with E-state index in [4.69, 9.17) is 0 Å². The number of aromatic nitrogens is 2. The van der Waals surface area contributed by atoms with Gasteiger partial charge in [0.05, 0.1) is 11.9 Å². The first-order valence-corrected chi connectivity index (χ1v) is 8.75. The SMILES string of the molecule is CN=C(NCCC(=O)NC(C)(C)C)N1CCN(c2cnn(C)c2)C(=O)C1. The van der Waals surface area contributed by atoms with Crippen molar-refractivity contribution < 1.29 is 9.59 Å². The summed E-state index contributed by atoms with van der Waals surface area (Å²) in [5, 5.41) is 10.2. The molecule has 0 unspecified atom stereocenters. The summed E-state index contributed by atoms with van der Waals surface area (Å²) in [7, 11) is 3.50. The van der Waals surface area contributed by atoms with Gasteiger partial charge in [0.25, 0.3) is 0 Å². The number of nitrogens with one attached hydrogen (secondary N) is 2. The highest BCUT2D eigenvalue weighted by atomic mass is 16.2. The molecule has 1 aromatic heterocycles. The van der Waals surface area contributed by atoms with Crippen LogP contribution in [0.5, 0.6) is 0 Å². The minimum absolute atomic E-state index is 0.00215. The van der Waals surface area contributed by atoms with Gasteiger partial charge in [-0.1, -0.05) is 0 Å². The van der Waals surface area contributed by atoms with Gasteiger partial charge in [0.2, 0.25) is 11.8 Å². The molecule has 144 valence electrons. The molecule has 0 saturated carbocycles. The molecule has 9 nitrogen and oxygen atoms in total. The molecule has 1 aliphatic rings. The van der Waals surface area contributed by atoms with Crippen molar-refractivity contribution in [2.45, 2.75) is 32.7 Å². The normalized spacial score (nSPS) is 16.0. The lowest BCUT2D eigenvalue weighted by molar-refractivity contribution is -0.122. The van der Waals surface area contributed by atoms with Crippen LogP contribution in [0.25, 0.3) is 0 Å². The van der Waals surface area contributed by atoms with E-state index in [1.165, 1.54) is 0 Å². The molecular weight excluding hydrogens is 334 g/mol. The van der Waals surface area contributed by atoms with Gasteiger partial charge in [-0.3, -0.25) is 19.3 Å². The number of anilines is 1. The molecule has 0 spiro atoms. The molecule has 2 rings (SSSR count). The molecule has 0 radical (unpaired) electrons. The van der Waals surface area contributed by atoms with E-state index in [-0.39, 0.29) is 23.9 Å². The second kappa shape index (κ2) is 8.20. The lowest BCUT2D eigenvalue weighted by Crippen LogP contribution is -2.55. The largest absolute Gasteiger partial charge is 0.356 e. The van der Waals surface area contributed by atoms with Crippen LogP contribution in [0.1, 0.15) is 27.2 Å². The minimum atomic E-state index is -0.242. The molecule has 1 fully saturated rings. The molecule has 0 aromatic carbocycles. The van der Waals surface area contributed by atoms with Crippen LogP contribution in [0.2, 0.25) is 0 Å². The first-order chi connectivity index (χ1) is 12.2. The number of carbonyl (C=O) groups is 2. The van der Waals surface area contributed by atoms with Crippen LogP contribution in [-0.2, 0) is 16.6 Å². The predicted molar refractivity (Wildman–Crippen MR) is 101 cm³/mol. The minimum Gasteiger partial charge on any atom is -0.356 e. The van der Waals surface area contributed by atoms with Gasteiger partial charge in [0.15, 0.2) is 5.96 Å². The molecule has 0 bridgehead atoms. The second-order valence-electron chi connectivity index (χ2n) is 7.36. The van der Waals surface area contributed by atoms with E-state index < -0.39 is 0 Å². The van der Waals surface area contributed by atoms with E-state index in [0.717, 1.165) is 5.69 Å². The van der Waals surface area contributed by atoms with Crippen molar-refractivity contribution in [2.24, 2.45) is 12.0 Å². The monoisotopic (exact) mass is 363 g/mol. The fourth-order valence-corrected chi connectivity index (χ4v) is 2.78. The van der Waals surface area contributed by atoms with Gasteiger partial charge in [0.1, 0.15) is 6.54 Å². The van der Waals surface area contributed by atoms with E-state index in [1.807, 2.05) is 38.9 Å². The molecule has 2 N–H and O–H groups in total. The first kappa shape index (κ1) is 19.7. The predicted octanol–water partition coefficient (Wildman–Crippen LogP) is -0.0511. The van der Waals surface area contributed by atoms with Crippen LogP contribution in [0.4, 0.5) is 5.69 Å². The molecule has 9 heteroatoms. The summed E-state index contributed by atoms with van der Waals surface area (Å²) in [4.78, 5) is 32.2. The summed E-state index contributed by atoms with van der Waals surface area (Å²) >= 11 is 0. The van der Waals surface area contributed by atoms with Crippen molar-refractivity contribution in [3.8, 4) is 0 Å². The smallest absolute Gasteiger partial charge is 0.246 e. The standard InChI is InChI=1S/C17H29N7O2/c1-17(2,3)21-14(25)6-7-19-16(18-4)23-8-9-24(15(26)12-23)13-10-20-22(5)11-13/h10-11H,6-9,12H2,1-5H3,(H,18,19)(H,21,25). The number of piperazine rings is 1. The number of aliphatic imine (C=N–C) groups is 1. The Hall–Kier alpha value is -2.58. The van der Waals surface area contributed by atoms with Gasteiger partial charge < -0.3 is 20.4 Å². The average Bonchev–Trinajstić information content (AvgIpc) is 2.96. The third kappa shape index (κ3) is 5.47. The lowest BCUT2D eigenvalue weighted by atomic mass is 10.1. The van der Waals surface area contributed by atoms with Gasteiger partial charge >= 0.3 is 0 Å². The number of carbonyl (C=O) groups excluding carboxylic acids is 2. The fraction of sp³-hybridized carbons (Fsp3) is 0.647. The summed E-state index contributed by atoms with van der Waals surface area (Å²) in [6, 6.07) is 0. The van der Waals surface area contributed by atoms with Crippen LogP contribution >= 0.6 is 0 Å². The lowest BCUT2D eigenvalue weighted by Gasteiger charge is -2.35.